The van der Waals surface area contributed by atoms with E-state index in [0.717, 1.165) is 24.0 Å². The van der Waals surface area contributed by atoms with Crippen LogP contribution in [0.2, 0.25) is 0 Å². The van der Waals surface area contributed by atoms with E-state index in [-0.39, 0.29) is 17.6 Å². The molecule has 4 nitrogen and oxygen atoms in total. The standard InChI is InChI=1S/C19H19FN2O2/c1-12(23)21-11-13-3-2-4-15(9-13)19(24)22-16-7-8-17(14-5-6-14)18(20)10-16/h2-4,7-10,14H,5-6,11H2,1H3,(H,21,23)(H,22,24). The predicted molar refractivity (Wildman–Crippen MR) is 90.3 cm³/mol. The van der Waals surface area contributed by atoms with Crippen molar-refractivity contribution in [3.63, 3.8) is 0 Å². The van der Waals surface area contributed by atoms with Crippen LogP contribution in [0.25, 0.3) is 0 Å². The van der Waals surface area contributed by atoms with Gasteiger partial charge in [0.2, 0.25) is 5.91 Å². The van der Waals surface area contributed by atoms with Crippen LogP contribution in [-0.2, 0) is 11.3 Å². The number of amides is 2. The number of halogens is 1. The van der Waals surface area contributed by atoms with Gasteiger partial charge in [-0.15, -0.1) is 0 Å². The molecular formula is C19H19FN2O2. The quantitative estimate of drug-likeness (QED) is 0.882. The summed E-state index contributed by atoms with van der Waals surface area (Å²) in [5.41, 5.74) is 2.46. The summed E-state index contributed by atoms with van der Waals surface area (Å²) < 4.78 is 14.0. The summed E-state index contributed by atoms with van der Waals surface area (Å²) in [6.07, 6.45) is 2.06. The van der Waals surface area contributed by atoms with Crippen molar-refractivity contribution in [3.8, 4) is 0 Å². The van der Waals surface area contributed by atoms with Gasteiger partial charge in [-0.1, -0.05) is 18.2 Å². The molecule has 0 heterocycles. The Kier molecular flexibility index (Phi) is 4.60. The van der Waals surface area contributed by atoms with E-state index in [1.807, 2.05) is 6.07 Å². The fraction of sp³-hybridized carbons (Fsp3) is 0.263. The molecule has 1 aliphatic rings. The third kappa shape index (κ3) is 3.98. The van der Waals surface area contributed by atoms with Crippen LogP contribution in [0.1, 0.15) is 47.2 Å². The fourth-order valence-electron chi connectivity index (χ4n) is 2.58. The Bertz CT molecular complexity index is 785. The second kappa shape index (κ2) is 6.83. The van der Waals surface area contributed by atoms with E-state index in [4.69, 9.17) is 0 Å². The molecule has 0 bridgehead atoms. The molecule has 24 heavy (non-hydrogen) atoms. The summed E-state index contributed by atoms with van der Waals surface area (Å²) in [6.45, 7) is 1.80. The van der Waals surface area contributed by atoms with Gasteiger partial charge in [0.1, 0.15) is 5.82 Å². The van der Waals surface area contributed by atoms with Crippen molar-refractivity contribution in [1.29, 1.82) is 0 Å². The molecule has 2 aromatic carbocycles. The molecule has 1 aliphatic carbocycles. The van der Waals surface area contributed by atoms with E-state index in [9.17, 15) is 14.0 Å². The number of hydrogen-bond donors (Lipinski definition) is 2. The van der Waals surface area contributed by atoms with Gasteiger partial charge in [-0.25, -0.2) is 4.39 Å². The molecule has 124 valence electrons. The molecule has 0 aromatic heterocycles. The van der Waals surface area contributed by atoms with Gasteiger partial charge in [-0.3, -0.25) is 9.59 Å². The molecule has 1 fully saturated rings. The summed E-state index contributed by atoms with van der Waals surface area (Å²) >= 11 is 0. The van der Waals surface area contributed by atoms with E-state index in [1.54, 1.807) is 30.3 Å². The molecule has 0 spiro atoms. The van der Waals surface area contributed by atoms with Crippen molar-refractivity contribution in [2.45, 2.75) is 32.2 Å². The first-order valence-electron chi connectivity index (χ1n) is 7.97. The average Bonchev–Trinajstić information content (AvgIpc) is 3.38. The van der Waals surface area contributed by atoms with Crippen LogP contribution < -0.4 is 10.6 Å². The third-order valence-corrected chi connectivity index (χ3v) is 4.01. The highest BCUT2D eigenvalue weighted by Gasteiger charge is 2.26. The van der Waals surface area contributed by atoms with Crippen LogP contribution in [0.5, 0.6) is 0 Å². The van der Waals surface area contributed by atoms with Gasteiger partial charge >= 0.3 is 0 Å². The number of benzene rings is 2. The van der Waals surface area contributed by atoms with Crippen molar-refractivity contribution >= 4 is 17.5 Å². The molecule has 3 rings (SSSR count). The van der Waals surface area contributed by atoms with E-state index in [0.29, 0.717) is 23.7 Å². The van der Waals surface area contributed by atoms with Crippen LogP contribution in [0.3, 0.4) is 0 Å². The second-order valence-electron chi connectivity index (χ2n) is 6.07. The van der Waals surface area contributed by atoms with Crippen LogP contribution in [0.15, 0.2) is 42.5 Å². The smallest absolute Gasteiger partial charge is 0.255 e. The third-order valence-electron chi connectivity index (χ3n) is 4.01. The highest BCUT2D eigenvalue weighted by molar-refractivity contribution is 6.04. The fourth-order valence-corrected chi connectivity index (χ4v) is 2.58. The minimum atomic E-state index is -0.307. The molecule has 2 aromatic rings. The van der Waals surface area contributed by atoms with Gasteiger partial charge in [0.15, 0.2) is 0 Å². The van der Waals surface area contributed by atoms with Crippen molar-refractivity contribution in [1.82, 2.24) is 5.32 Å². The molecular weight excluding hydrogens is 307 g/mol. The zero-order valence-electron chi connectivity index (χ0n) is 13.4. The van der Waals surface area contributed by atoms with Crippen LogP contribution in [-0.4, -0.2) is 11.8 Å². The first kappa shape index (κ1) is 16.2. The van der Waals surface area contributed by atoms with Gasteiger partial charge in [-0.2, -0.15) is 0 Å². The summed E-state index contributed by atoms with van der Waals surface area (Å²) in [7, 11) is 0. The molecule has 1 saturated carbocycles. The van der Waals surface area contributed by atoms with Gasteiger partial charge in [0.05, 0.1) is 0 Å². The minimum absolute atomic E-state index is 0.129. The van der Waals surface area contributed by atoms with E-state index < -0.39 is 0 Å². The Balaban J connectivity index is 1.69. The Labute approximate surface area is 140 Å². The van der Waals surface area contributed by atoms with E-state index >= 15 is 0 Å². The van der Waals surface area contributed by atoms with Crippen molar-refractivity contribution < 1.29 is 14.0 Å². The van der Waals surface area contributed by atoms with Crippen molar-refractivity contribution in [3.05, 3.63) is 65.0 Å². The average molecular weight is 326 g/mol. The Hall–Kier alpha value is -2.69. The van der Waals surface area contributed by atoms with Gasteiger partial charge < -0.3 is 10.6 Å². The lowest BCUT2D eigenvalue weighted by Crippen LogP contribution is -2.19. The second-order valence-corrected chi connectivity index (χ2v) is 6.07. The maximum atomic E-state index is 14.0. The normalized spacial score (nSPS) is 13.4. The molecule has 0 atom stereocenters. The van der Waals surface area contributed by atoms with Crippen LogP contribution in [0.4, 0.5) is 10.1 Å². The Morgan fingerprint density at radius 3 is 2.62 bits per heavy atom. The lowest BCUT2D eigenvalue weighted by Gasteiger charge is -2.09. The first-order chi connectivity index (χ1) is 11.5. The molecule has 2 N–H and O–H groups in total. The lowest BCUT2D eigenvalue weighted by molar-refractivity contribution is -0.119. The minimum Gasteiger partial charge on any atom is -0.352 e. The zero-order valence-corrected chi connectivity index (χ0v) is 13.4. The lowest BCUT2D eigenvalue weighted by atomic mass is 10.1. The largest absolute Gasteiger partial charge is 0.352 e. The highest BCUT2D eigenvalue weighted by atomic mass is 19.1. The summed E-state index contributed by atoms with van der Waals surface area (Å²) in [6, 6.07) is 11.8. The number of rotatable bonds is 5. The number of carbonyl (C=O) groups excluding carboxylic acids is 2. The molecule has 0 unspecified atom stereocenters. The number of carbonyl (C=O) groups is 2. The molecule has 0 aliphatic heterocycles. The molecule has 2 amide bonds. The zero-order chi connectivity index (χ0) is 17.1. The summed E-state index contributed by atoms with van der Waals surface area (Å²) in [5, 5.41) is 5.40. The number of hydrogen-bond acceptors (Lipinski definition) is 2. The van der Waals surface area contributed by atoms with Crippen LogP contribution >= 0.6 is 0 Å². The highest BCUT2D eigenvalue weighted by Crippen LogP contribution is 2.41. The SMILES string of the molecule is CC(=O)NCc1cccc(C(=O)Nc2ccc(C3CC3)c(F)c2)c1. The Morgan fingerprint density at radius 2 is 1.96 bits per heavy atom. The summed E-state index contributed by atoms with van der Waals surface area (Å²) in [4.78, 5) is 23.3. The molecule has 0 radical (unpaired) electrons. The first-order valence-corrected chi connectivity index (χ1v) is 7.97. The van der Waals surface area contributed by atoms with E-state index in [2.05, 4.69) is 10.6 Å². The number of anilines is 1. The topological polar surface area (TPSA) is 58.2 Å². The molecule has 0 saturated heterocycles. The maximum Gasteiger partial charge on any atom is 0.255 e. The van der Waals surface area contributed by atoms with Crippen molar-refractivity contribution in [2.75, 3.05) is 5.32 Å². The summed E-state index contributed by atoms with van der Waals surface area (Å²) in [5.74, 6) is -0.371. The maximum absolute atomic E-state index is 14.0. The van der Waals surface area contributed by atoms with Gasteiger partial charge in [0, 0.05) is 24.7 Å². The van der Waals surface area contributed by atoms with E-state index in [1.165, 1.54) is 13.0 Å². The van der Waals surface area contributed by atoms with Gasteiger partial charge in [0.25, 0.3) is 5.91 Å². The van der Waals surface area contributed by atoms with Crippen LogP contribution in [0, 0.1) is 5.82 Å². The monoisotopic (exact) mass is 326 g/mol. The Morgan fingerprint density at radius 1 is 1.17 bits per heavy atom. The molecule has 5 heteroatoms. The number of nitrogens with one attached hydrogen (secondary N) is 2. The van der Waals surface area contributed by atoms with Gasteiger partial charge in [-0.05, 0) is 54.2 Å². The predicted octanol–water partition coefficient (Wildman–Crippen LogP) is 3.59. The van der Waals surface area contributed by atoms with Crippen molar-refractivity contribution in [2.24, 2.45) is 0 Å².